The number of rotatable bonds is 5. The van der Waals surface area contributed by atoms with Crippen LogP contribution in [0.2, 0.25) is 5.15 Å². The van der Waals surface area contributed by atoms with Gasteiger partial charge in [-0.2, -0.15) is 9.78 Å². The third-order valence-corrected chi connectivity index (χ3v) is 4.80. The minimum Gasteiger partial charge on any atom is -0.484 e. The van der Waals surface area contributed by atoms with Crippen molar-refractivity contribution in [1.82, 2.24) is 20.0 Å². The average molecular weight is 413 g/mol. The van der Waals surface area contributed by atoms with Crippen molar-refractivity contribution in [2.45, 2.75) is 19.3 Å². The second kappa shape index (κ2) is 7.51. The lowest BCUT2D eigenvalue weighted by Gasteiger charge is -2.24. The van der Waals surface area contributed by atoms with Gasteiger partial charge in [0.05, 0.1) is 5.69 Å². The molecule has 1 atom stereocenters. The largest absolute Gasteiger partial charge is 0.484 e. The van der Waals surface area contributed by atoms with Gasteiger partial charge in [0.1, 0.15) is 11.6 Å². The number of amides is 2. The molecular weight excluding hydrogens is 396 g/mol. The summed E-state index contributed by atoms with van der Waals surface area (Å²) in [6.45, 7) is 1.69. The van der Waals surface area contributed by atoms with Crippen molar-refractivity contribution >= 4 is 29.2 Å². The first-order valence-electron chi connectivity index (χ1n) is 8.82. The molecule has 4 rings (SSSR count). The summed E-state index contributed by atoms with van der Waals surface area (Å²) in [6, 6.07) is 10.5. The maximum Gasteiger partial charge on any atom is 0.255 e. The van der Waals surface area contributed by atoms with Crippen molar-refractivity contribution in [2.24, 2.45) is 5.73 Å². The van der Waals surface area contributed by atoms with Crippen LogP contribution >= 0.6 is 11.6 Å². The zero-order valence-electron chi connectivity index (χ0n) is 15.4. The lowest BCUT2D eigenvalue weighted by Crippen LogP contribution is -2.25. The number of ether oxygens (including phenoxy) is 1. The lowest BCUT2D eigenvalue weighted by atomic mass is 9.86. The van der Waals surface area contributed by atoms with E-state index in [-0.39, 0.29) is 30.0 Å². The lowest BCUT2D eigenvalue weighted by molar-refractivity contribution is -0.120. The summed E-state index contributed by atoms with van der Waals surface area (Å²) in [5.74, 6) is 0.690. The van der Waals surface area contributed by atoms with Gasteiger partial charge in [0, 0.05) is 17.9 Å². The van der Waals surface area contributed by atoms with Gasteiger partial charge in [-0.1, -0.05) is 23.7 Å². The van der Waals surface area contributed by atoms with E-state index in [0.717, 1.165) is 16.8 Å². The number of aryl methyl sites for hydroxylation is 1. The molecule has 3 N–H and O–H groups in total. The van der Waals surface area contributed by atoms with Crippen LogP contribution in [-0.2, 0) is 9.59 Å². The number of anilines is 1. The van der Waals surface area contributed by atoms with Crippen molar-refractivity contribution in [3.05, 3.63) is 58.4 Å². The fourth-order valence-electron chi connectivity index (χ4n) is 3.37. The van der Waals surface area contributed by atoms with Crippen LogP contribution in [0.25, 0.3) is 5.82 Å². The second-order valence-electron chi connectivity index (χ2n) is 6.60. The predicted octanol–water partition coefficient (Wildman–Crippen LogP) is 1.96. The summed E-state index contributed by atoms with van der Waals surface area (Å²) in [5, 5.41) is 15.6. The van der Waals surface area contributed by atoms with Crippen LogP contribution in [0.3, 0.4) is 0 Å². The zero-order chi connectivity index (χ0) is 20.5. The molecule has 3 heterocycles. The van der Waals surface area contributed by atoms with Crippen molar-refractivity contribution in [1.29, 1.82) is 0 Å². The number of carbonyl (C=O) groups excluding carboxylic acids is 2. The van der Waals surface area contributed by atoms with Crippen molar-refractivity contribution < 1.29 is 14.3 Å². The molecular formula is C19H17ClN6O3. The molecule has 0 radical (unpaired) electrons. The van der Waals surface area contributed by atoms with Gasteiger partial charge in [0.25, 0.3) is 5.91 Å². The Bertz CT molecular complexity index is 1080. The highest BCUT2D eigenvalue weighted by atomic mass is 35.5. The molecule has 1 aliphatic rings. The normalized spacial score (nSPS) is 15.5. The summed E-state index contributed by atoms with van der Waals surface area (Å²) in [4.78, 5) is 23.3. The van der Waals surface area contributed by atoms with Crippen LogP contribution in [0, 0.1) is 6.92 Å². The number of carbonyl (C=O) groups is 2. The van der Waals surface area contributed by atoms with Crippen LogP contribution in [0.4, 0.5) is 5.82 Å². The van der Waals surface area contributed by atoms with Gasteiger partial charge in [-0.25, -0.2) is 0 Å². The van der Waals surface area contributed by atoms with Gasteiger partial charge < -0.3 is 15.8 Å². The Morgan fingerprint density at radius 3 is 2.69 bits per heavy atom. The summed E-state index contributed by atoms with van der Waals surface area (Å²) in [5.41, 5.74) is 7.71. The molecule has 0 spiro atoms. The minimum atomic E-state index is -0.545. The molecule has 9 nitrogen and oxygen atoms in total. The number of hydrogen-bond acceptors (Lipinski definition) is 6. The molecule has 0 saturated heterocycles. The Balaban J connectivity index is 1.70. The zero-order valence-corrected chi connectivity index (χ0v) is 16.2. The van der Waals surface area contributed by atoms with E-state index in [1.165, 1.54) is 0 Å². The van der Waals surface area contributed by atoms with Crippen LogP contribution in [0.1, 0.15) is 29.2 Å². The second-order valence-corrected chi connectivity index (χ2v) is 6.99. The van der Waals surface area contributed by atoms with Gasteiger partial charge in [-0.3, -0.25) is 9.59 Å². The van der Waals surface area contributed by atoms with Crippen LogP contribution in [0.5, 0.6) is 5.75 Å². The molecule has 2 amide bonds. The Labute approximate surface area is 170 Å². The number of benzene rings is 1. The third-order valence-electron chi connectivity index (χ3n) is 4.60. The minimum absolute atomic E-state index is 0.125. The van der Waals surface area contributed by atoms with Crippen molar-refractivity contribution in [3.8, 4) is 11.6 Å². The third kappa shape index (κ3) is 3.77. The van der Waals surface area contributed by atoms with Gasteiger partial charge in [0.15, 0.2) is 17.6 Å². The number of nitrogens with one attached hydrogen (secondary N) is 1. The quantitative estimate of drug-likeness (QED) is 0.659. The fourth-order valence-corrected chi connectivity index (χ4v) is 3.47. The average Bonchev–Trinajstić information content (AvgIpc) is 3.03. The van der Waals surface area contributed by atoms with Crippen molar-refractivity contribution in [2.75, 3.05) is 11.9 Å². The molecule has 1 aromatic carbocycles. The number of halogens is 1. The van der Waals surface area contributed by atoms with E-state index in [2.05, 4.69) is 20.6 Å². The highest BCUT2D eigenvalue weighted by molar-refractivity contribution is 6.29. The van der Waals surface area contributed by atoms with Gasteiger partial charge in [0.2, 0.25) is 5.91 Å². The van der Waals surface area contributed by atoms with E-state index in [1.54, 1.807) is 28.9 Å². The monoisotopic (exact) mass is 412 g/mol. The van der Waals surface area contributed by atoms with E-state index < -0.39 is 5.91 Å². The van der Waals surface area contributed by atoms with Gasteiger partial charge in [-0.15, -0.1) is 10.2 Å². The first-order valence-corrected chi connectivity index (χ1v) is 9.20. The smallest absolute Gasteiger partial charge is 0.255 e. The molecule has 3 aromatic rings. The Morgan fingerprint density at radius 1 is 1.28 bits per heavy atom. The first kappa shape index (κ1) is 18.9. The first-order chi connectivity index (χ1) is 13.9. The summed E-state index contributed by atoms with van der Waals surface area (Å²) in [6.07, 6.45) is 0.285. The summed E-state index contributed by atoms with van der Waals surface area (Å²) < 4.78 is 6.86. The van der Waals surface area contributed by atoms with Crippen molar-refractivity contribution in [3.63, 3.8) is 0 Å². The highest BCUT2D eigenvalue weighted by Gasteiger charge is 2.33. The van der Waals surface area contributed by atoms with Gasteiger partial charge >= 0.3 is 0 Å². The number of primary amides is 1. The number of aromatic nitrogens is 4. The molecule has 148 valence electrons. The Hall–Kier alpha value is -3.46. The van der Waals surface area contributed by atoms with Crippen LogP contribution < -0.4 is 15.8 Å². The maximum absolute atomic E-state index is 12.4. The fraction of sp³-hybridized carbons (Fsp3) is 0.211. The number of nitrogens with two attached hydrogens (primary N) is 1. The summed E-state index contributed by atoms with van der Waals surface area (Å²) >= 11 is 5.82. The Morgan fingerprint density at radius 2 is 2.03 bits per heavy atom. The van der Waals surface area contributed by atoms with Gasteiger partial charge in [-0.05, 0) is 36.8 Å². The topological polar surface area (TPSA) is 125 Å². The van der Waals surface area contributed by atoms with E-state index >= 15 is 0 Å². The molecule has 1 aliphatic heterocycles. The van der Waals surface area contributed by atoms with E-state index in [4.69, 9.17) is 22.1 Å². The molecule has 0 unspecified atom stereocenters. The Kier molecular flexibility index (Phi) is 4.89. The highest BCUT2D eigenvalue weighted by Crippen LogP contribution is 2.40. The predicted molar refractivity (Wildman–Crippen MR) is 105 cm³/mol. The SMILES string of the molecule is Cc1nn(-c2ccc(Cl)nn2)c2c1[C@H](c1ccc(OCC(N)=O)cc1)CC(=O)N2. The van der Waals surface area contributed by atoms with E-state index in [1.807, 2.05) is 19.1 Å². The molecule has 0 fully saturated rings. The number of fused-ring (bicyclic) bond motifs is 1. The maximum atomic E-state index is 12.4. The molecule has 0 saturated carbocycles. The van der Waals surface area contributed by atoms with E-state index in [9.17, 15) is 9.59 Å². The summed E-state index contributed by atoms with van der Waals surface area (Å²) in [7, 11) is 0. The molecule has 29 heavy (non-hydrogen) atoms. The van der Waals surface area contributed by atoms with E-state index in [0.29, 0.717) is 17.4 Å². The molecule has 0 aliphatic carbocycles. The number of nitrogens with zero attached hydrogens (tertiary/aromatic N) is 4. The molecule has 0 bridgehead atoms. The van der Waals surface area contributed by atoms with Crippen LogP contribution in [0.15, 0.2) is 36.4 Å². The number of hydrogen-bond donors (Lipinski definition) is 2. The molecule has 2 aromatic heterocycles. The molecule has 10 heteroatoms. The standard InChI is InChI=1S/C19H17ClN6O3/c1-10-18-13(11-2-4-12(5-3-11)29-9-15(21)27)8-17(28)22-19(18)26(25-10)16-7-6-14(20)23-24-16/h2-7,13H,8-9H2,1H3,(H2,21,27)(H,22,28)/t13-/m0/s1. The van der Waals surface area contributed by atoms with Crippen LogP contribution in [-0.4, -0.2) is 38.4 Å².